The fourth-order valence-corrected chi connectivity index (χ4v) is 6.80. The number of rotatable bonds is 5. The van der Waals surface area contributed by atoms with E-state index in [9.17, 15) is 19.2 Å². The molecule has 0 radical (unpaired) electrons. The summed E-state index contributed by atoms with van der Waals surface area (Å²) < 4.78 is 0. The number of aryl methyl sites for hydroxylation is 2. The molecule has 4 nitrogen and oxygen atoms in total. The summed E-state index contributed by atoms with van der Waals surface area (Å²) in [6.07, 6.45) is 0. The summed E-state index contributed by atoms with van der Waals surface area (Å²) in [6, 6.07) is 68.7. The lowest BCUT2D eigenvalue weighted by atomic mass is 9.98. The van der Waals surface area contributed by atoms with Crippen LogP contribution in [0.3, 0.4) is 0 Å². The zero-order valence-electron chi connectivity index (χ0n) is 54.2. The maximum absolute atomic E-state index is 11.9. The Morgan fingerprint density at radius 2 is 0.469 bits per heavy atom. The van der Waals surface area contributed by atoms with Crippen molar-refractivity contribution in [2.75, 3.05) is 0 Å². The highest BCUT2D eigenvalue weighted by atomic mass is 16.1. The largest absolute Gasteiger partial charge is 0.295 e. The fourth-order valence-electron chi connectivity index (χ4n) is 6.80. The molecule has 0 amide bonds. The SMILES string of the molecule is C=C.C=C.CC.CC.CC.CC.CC.CC.CC.CC.CC(=O)c1ccccc1-c1ccccc1.CC(=O)c1ccccc1-c1ccccc1.CC(=O)c1ccccc1C.Cc1ccccc1.O=C1c2ccccc2-c2ccccc21. The molecule has 0 aromatic heterocycles. The van der Waals surface area contributed by atoms with Crippen LogP contribution < -0.4 is 0 Å². The zero-order valence-corrected chi connectivity index (χ0v) is 54.2. The highest BCUT2D eigenvalue weighted by Crippen LogP contribution is 2.35. The molecule has 0 bridgehead atoms. The highest BCUT2D eigenvalue weighted by Gasteiger charge is 2.25. The highest BCUT2D eigenvalue weighted by molar-refractivity contribution is 6.21. The van der Waals surface area contributed by atoms with Crippen LogP contribution in [0, 0.1) is 13.8 Å². The average Bonchev–Trinajstić information content (AvgIpc) is 3.85. The smallest absolute Gasteiger partial charge is 0.194 e. The van der Waals surface area contributed by atoms with E-state index in [-0.39, 0.29) is 23.1 Å². The van der Waals surface area contributed by atoms with Gasteiger partial charge in [0.1, 0.15) is 0 Å². The van der Waals surface area contributed by atoms with Crippen LogP contribution in [0.4, 0.5) is 0 Å². The minimum absolute atomic E-state index is 0.106. The van der Waals surface area contributed by atoms with E-state index in [1.54, 1.807) is 20.8 Å². The van der Waals surface area contributed by atoms with E-state index in [2.05, 4.69) is 45.4 Å². The molecular weight excluding hydrogens is 989 g/mol. The Morgan fingerprint density at radius 3 is 0.704 bits per heavy atom. The van der Waals surface area contributed by atoms with Crippen molar-refractivity contribution in [2.45, 2.75) is 145 Å². The van der Waals surface area contributed by atoms with Crippen LogP contribution in [0.15, 0.2) is 239 Å². The lowest BCUT2D eigenvalue weighted by Crippen LogP contribution is -1.95. The van der Waals surface area contributed by atoms with Gasteiger partial charge in [0.25, 0.3) is 0 Å². The number of Topliss-reactive ketones (excluding diaryl/α,β-unsaturated/α-hetero) is 3. The molecule has 0 spiro atoms. The first-order valence-electron chi connectivity index (χ1n) is 29.2. The summed E-state index contributed by atoms with van der Waals surface area (Å²) in [5.74, 6) is 0.498. The van der Waals surface area contributed by atoms with Crippen molar-refractivity contribution >= 4 is 23.1 Å². The monoisotopic (exact) mass is 1090 g/mol. The molecule has 1 aliphatic carbocycles. The van der Waals surface area contributed by atoms with Crippen LogP contribution in [0.2, 0.25) is 0 Å². The van der Waals surface area contributed by atoms with Crippen molar-refractivity contribution in [1.82, 2.24) is 0 Å². The van der Waals surface area contributed by atoms with E-state index in [0.717, 1.165) is 66.8 Å². The molecule has 0 fully saturated rings. The Morgan fingerprint density at radius 1 is 0.259 bits per heavy atom. The van der Waals surface area contributed by atoms with Crippen LogP contribution in [0.5, 0.6) is 0 Å². The Bertz CT molecular complexity index is 2590. The van der Waals surface area contributed by atoms with Crippen LogP contribution in [0.1, 0.15) is 190 Å². The number of benzene rings is 8. The van der Waals surface area contributed by atoms with Gasteiger partial charge in [-0.05, 0) is 73.6 Å². The van der Waals surface area contributed by atoms with Crippen molar-refractivity contribution in [3.63, 3.8) is 0 Å². The molecule has 81 heavy (non-hydrogen) atoms. The predicted molar refractivity (Wildman–Crippen MR) is 365 cm³/mol. The molecule has 0 saturated carbocycles. The van der Waals surface area contributed by atoms with Gasteiger partial charge in [0.2, 0.25) is 0 Å². The van der Waals surface area contributed by atoms with Gasteiger partial charge in [-0.25, -0.2) is 0 Å². The number of fused-ring (bicyclic) bond motifs is 3. The summed E-state index contributed by atoms with van der Waals surface area (Å²) in [5, 5.41) is 0. The Kier molecular flexibility index (Phi) is 61.9. The average molecular weight is 1100 g/mol. The molecule has 0 saturated heterocycles. The topological polar surface area (TPSA) is 68.3 Å². The van der Waals surface area contributed by atoms with Gasteiger partial charge in [0, 0.05) is 27.8 Å². The van der Waals surface area contributed by atoms with Gasteiger partial charge >= 0.3 is 0 Å². The molecular formula is C77H106O4. The van der Waals surface area contributed by atoms with E-state index < -0.39 is 0 Å². The molecule has 1 aliphatic rings. The molecule has 0 atom stereocenters. The fraction of sp³-hybridized carbons (Fsp3) is 0.273. The van der Waals surface area contributed by atoms with Crippen molar-refractivity contribution in [3.8, 4) is 33.4 Å². The van der Waals surface area contributed by atoms with E-state index in [4.69, 9.17) is 0 Å². The summed E-state index contributed by atoms with van der Waals surface area (Å²) in [7, 11) is 0. The van der Waals surface area contributed by atoms with Gasteiger partial charge in [-0.15, -0.1) is 26.3 Å². The van der Waals surface area contributed by atoms with E-state index in [0.29, 0.717) is 0 Å². The maximum atomic E-state index is 11.9. The van der Waals surface area contributed by atoms with E-state index >= 15 is 0 Å². The number of hydrogen-bond donors (Lipinski definition) is 0. The minimum atomic E-state index is 0.106. The van der Waals surface area contributed by atoms with Gasteiger partial charge in [-0.2, -0.15) is 0 Å². The molecule has 0 unspecified atom stereocenters. The molecule has 4 heteroatoms. The second kappa shape index (κ2) is 59.6. The van der Waals surface area contributed by atoms with Crippen LogP contribution in [-0.4, -0.2) is 23.1 Å². The van der Waals surface area contributed by atoms with Gasteiger partial charge in [-0.1, -0.05) is 329 Å². The zero-order chi connectivity index (χ0) is 63.6. The maximum Gasteiger partial charge on any atom is 0.194 e. The third-order valence-corrected chi connectivity index (χ3v) is 9.88. The summed E-state index contributed by atoms with van der Waals surface area (Å²) in [5.41, 5.74) is 12.7. The second-order valence-corrected chi connectivity index (χ2v) is 14.4. The molecule has 438 valence electrons. The third-order valence-electron chi connectivity index (χ3n) is 9.88. The van der Waals surface area contributed by atoms with Gasteiger partial charge in [0.05, 0.1) is 0 Å². The molecule has 0 heterocycles. The van der Waals surface area contributed by atoms with Crippen molar-refractivity contribution in [2.24, 2.45) is 0 Å². The number of hydrogen-bond acceptors (Lipinski definition) is 4. The van der Waals surface area contributed by atoms with Gasteiger partial charge in [0.15, 0.2) is 23.1 Å². The van der Waals surface area contributed by atoms with Crippen LogP contribution in [-0.2, 0) is 0 Å². The van der Waals surface area contributed by atoms with Crippen LogP contribution >= 0.6 is 0 Å². The quantitative estimate of drug-likeness (QED) is 0.127. The summed E-state index contributed by atoms with van der Waals surface area (Å²) in [4.78, 5) is 45.6. The lowest BCUT2D eigenvalue weighted by molar-refractivity contribution is 0.100. The first-order chi connectivity index (χ1) is 39.6. The van der Waals surface area contributed by atoms with Crippen molar-refractivity contribution in [1.29, 1.82) is 0 Å². The summed E-state index contributed by atoms with van der Waals surface area (Å²) >= 11 is 0. The molecule has 9 rings (SSSR count). The molecule has 0 aliphatic heterocycles. The summed E-state index contributed by atoms with van der Waals surface area (Å²) in [6.45, 7) is 52.8. The molecule has 8 aromatic rings. The number of carbonyl (C=O) groups excluding carboxylic acids is 4. The predicted octanol–water partition coefficient (Wildman–Crippen LogP) is 24.0. The normalized spacial score (nSPS) is 8.43. The van der Waals surface area contributed by atoms with Gasteiger partial charge in [-0.3, -0.25) is 19.2 Å². The van der Waals surface area contributed by atoms with Crippen molar-refractivity contribution in [3.05, 3.63) is 278 Å². The Balaban J connectivity index is -0.000000204. The van der Waals surface area contributed by atoms with E-state index in [1.165, 1.54) is 5.56 Å². The number of carbonyl (C=O) groups is 4. The standard InChI is InChI=1S/2C14H12O.C13H8O.C9H10O.C7H8.8C2H6.2C2H4/c2*1-11(15)13-9-5-6-10-14(13)12-7-3-2-4-8-12;14-13-11-7-3-1-5-9(11)10-6-2-4-8-12(10)13;1-7-5-3-4-6-9(7)8(2)10;1-7-5-3-2-4-6-7;10*1-2/h2*2-10H,1H3;1-8H;3-6H,1-2H3;2-6H,1H3;8*1-2H3;2*1-2H2. The molecule has 8 aromatic carbocycles. The van der Waals surface area contributed by atoms with Crippen LogP contribution in [0.25, 0.3) is 33.4 Å². The van der Waals surface area contributed by atoms with Gasteiger partial charge < -0.3 is 0 Å². The third kappa shape index (κ3) is 33.2. The van der Waals surface area contributed by atoms with E-state index in [1.807, 2.05) is 318 Å². The first kappa shape index (κ1) is 84.2. The minimum Gasteiger partial charge on any atom is -0.295 e. The van der Waals surface area contributed by atoms with Crippen molar-refractivity contribution < 1.29 is 19.2 Å². The first-order valence-corrected chi connectivity index (χ1v) is 29.2. The Hall–Kier alpha value is -8.08. The molecule has 0 N–H and O–H groups in total. The second-order valence-electron chi connectivity index (χ2n) is 14.4. The number of ketones is 4. The lowest BCUT2D eigenvalue weighted by Gasteiger charge is -2.06. The Labute approximate surface area is 496 Å².